The largest absolute Gasteiger partial charge is 0.497 e. The molecule has 0 aliphatic carbocycles. The normalized spacial score (nSPS) is 10.5. The number of anilines is 1. The molecule has 0 spiro atoms. The van der Waals surface area contributed by atoms with Crippen LogP contribution in [0.1, 0.15) is 5.56 Å². The number of nitrogens with zero attached hydrogens (tertiary/aromatic N) is 3. The number of rotatable bonds is 3. The van der Waals surface area contributed by atoms with Gasteiger partial charge in [-0.1, -0.05) is 0 Å². The summed E-state index contributed by atoms with van der Waals surface area (Å²) in [5.74, 6) is 0.756. The van der Waals surface area contributed by atoms with Gasteiger partial charge < -0.3 is 15.5 Å². The van der Waals surface area contributed by atoms with Crippen LogP contribution in [0.4, 0.5) is 5.69 Å². The highest BCUT2D eigenvalue weighted by molar-refractivity contribution is 7.99. The number of pyridine rings is 1. The number of nitrogen functional groups attached to an aromatic ring is 1. The summed E-state index contributed by atoms with van der Waals surface area (Å²) in [7, 11) is 1.62. The SMILES string of the molecule is COc1ccc2nc(Sc3nccc(C#N)c3N)[nH]c2c1. The third-order valence-corrected chi connectivity index (χ3v) is 3.84. The molecule has 3 N–H and O–H groups in total. The van der Waals surface area contributed by atoms with Gasteiger partial charge in [0.15, 0.2) is 5.16 Å². The summed E-state index contributed by atoms with van der Waals surface area (Å²) < 4.78 is 5.18. The summed E-state index contributed by atoms with van der Waals surface area (Å²) in [5.41, 5.74) is 8.38. The Kier molecular flexibility index (Phi) is 3.38. The van der Waals surface area contributed by atoms with Crippen molar-refractivity contribution in [2.75, 3.05) is 12.8 Å². The Morgan fingerprint density at radius 3 is 3.00 bits per heavy atom. The Balaban J connectivity index is 1.97. The van der Waals surface area contributed by atoms with Crippen molar-refractivity contribution in [1.82, 2.24) is 15.0 Å². The van der Waals surface area contributed by atoms with Crippen LogP contribution in [0.2, 0.25) is 0 Å². The van der Waals surface area contributed by atoms with E-state index in [0.29, 0.717) is 21.4 Å². The number of hydrogen-bond donors (Lipinski definition) is 2. The van der Waals surface area contributed by atoms with E-state index < -0.39 is 0 Å². The molecule has 0 amide bonds. The maximum absolute atomic E-state index is 8.98. The Bertz CT molecular complexity index is 852. The topological polar surface area (TPSA) is 101 Å². The van der Waals surface area contributed by atoms with Crippen LogP contribution in [-0.2, 0) is 0 Å². The van der Waals surface area contributed by atoms with Gasteiger partial charge in [0, 0.05) is 12.3 Å². The smallest absolute Gasteiger partial charge is 0.172 e. The fraction of sp³-hybridized carbons (Fsp3) is 0.0714. The first-order chi connectivity index (χ1) is 10.2. The lowest BCUT2D eigenvalue weighted by Crippen LogP contribution is -1.95. The molecule has 0 bridgehead atoms. The molecular weight excluding hydrogens is 286 g/mol. The molecule has 0 saturated carbocycles. The monoisotopic (exact) mass is 297 g/mol. The minimum Gasteiger partial charge on any atom is -0.497 e. The molecule has 0 fully saturated rings. The molecule has 0 atom stereocenters. The van der Waals surface area contributed by atoms with Crippen LogP contribution in [-0.4, -0.2) is 22.1 Å². The van der Waals surface area contributed by atoms with E-state index in [4.69, 9.17) is 15.7 Å². The van der Waals surface area contributed by atoms with E-state index >= 15 is 0 Å². The molecule has 3 aromatic rings. The summed E-state index contributed by atoms with van der Waals surface area (Å²) in [6, 6.07) is 9.21. The minimum absolute atomic E-state index is 0.364. The van der Waals surface area contributed by atoms with Gasteiger partial charge in [0.2, 0.25) is 0 Å². The van der Waals surface area contributed by atoms with E-state index in [2.05, 4.69) is 15.0 Å². The number of imidazole rings is 1. The Morgan fingerprint density at radius 1 is 1.38 bits per heavy atom. The minimum atomic E-state index is 0.364. The van der Waals surface area contributed by atoms with Gasteiger partial charge in [0.05, 0.1) is 29.4 Å². The first kappa shape index (κ1) is 13.3. The highest BCUT2D eigenvalue weighted by atomic mass is 32.2. The number of benzene rings is 1. The van der Waals surface area contributed by atoms with Gasteiger partial charge in [0.25, 0.3) is 0 Å². The predicted octanol–water partition coefficient (Wildman–Crippen LogP) is 2.57. The molecule has 0 unspecified atom stereocenters. The average molecular weight is 297 g/mol. The van der Waals surface area contributed by atoms with Crippen LogP contribution >= 0.6 is 11.8 Å². The van der Waals surface area contributed by atoms with Crippen molar-refractivity contribution in [2.24, 2.45) is 0 Å². The molecule has 104 valence electrons. The van der Waals surface area contributed by atoms with Gasteiger partial charge in [-0.15, -0.1) is 0 Å². The fourth-order valence-corrected chi connectivity index (χ4v) is 2.69. The van der Waals surface area contributed by atoms with Gasteiger partial charge in [0.1, 0.15) is 16.8 Å². The van der Waals surface area contributed by atoms with Crippen molar-refractivity contribution >= 4 is 28.5 Å². The molecule has 0 saturated heterocycles. The van der Waals surface area contributed by atoms with Crippen molar-refractivity contribution in [2.45, 2.75) is 10.2 Å². The van der Waals surface area contributed by atoms with Crippen LogP contribution in [0.15, 0.2) is 40.6 Å². The zero-order valence-corrected chi connectivity index (χ0v) is 11.9. The zero-order chi connectivity index (χ0) is 14.8. The van der Waals surface area contributed by atoms with Crippen molar-refractivity contribution in [1.29, 1.82) is 5.26 Å². The predicted molar refractivity (Wildman–Crippen MR) is 80.1 cm³/mol. The number of H-pyrrole nitrogens is 1. The van der Waals surface area contributed by atoms with Crippen molar-refractivity contribution in [3.05, 3.63) is 36.0 Å². The van der Waals surface area contributed by atoms with Crippen molar-refractivity contribution in [3.8, 4) is 11.8 Å². The van der Waals surface area contributed by atoms with E-state index in [1.807, 2.05) is 24.3 Å². The van der Waals surface area contributed by atoms with Gasteiger partial charge in [-0.25, -0.2) is 9.97 Å². The third-order valence-electron chi connectivity index (χ3n) is 2.93. The average Bonchev–Trinajstić information content (AvgIpc) is 2.90. The summed E-state index contributed by atoms with van der Waals surface area (Å²) in [6.45, 7) is 0. The Morgan fingerprint density at radius 2 is 2.24 bits per heavy atom. The molecule has 7 heteroatoms. The first-order valence-corrected chi connectivity index (χ1v) is 6.89. The van der Waals surface area contributed by atoms with Gasteiger partial charge >= 0.3 is 0 Å². The maximum atomic E-state index is 8.98. The Hall–Kier alpha value is -2.72. The van der Waals surface area contributed by atoms with E-state index in [9.17, 15) is 0 Å². The van der Waals surface area contributed by atoms with E-state index in [-0.39, 0.29) is 0 Å². The molecule has 3 rings (SSSR count). The second kappa shape index (κ2) is 5.34. The molecule has 6 nitrogen and oxygen atoms in total. The van der Waals surface area contributed by atoms with Gasteiger partial charge in [-0.05, 0) is 30.0 Å². The number of aromatic amines is 1. The van der Waals surface area contributed by atoms with E-state index in [0.717, 1.165) is 16.8 Å². The number of hydrogen-bond acceptors (Lipinski definition) is 6. The second-order valence-electron chi connectivity index (χ2n) is 4.22. The molecule has 1 aromatic carbocycles. The quantitative estimate of drug-likeness (QED) is 0.770. The summed E-state index contributed by atoms with van der Waals surface area (Å²) in [6.07, 6.45) is 1.56. The molecule has 0 radical (unpaired) electrons. The fourth-order valence-electron chi connectivity index (χ4n) is 1.87. The van der Waals surface area contributed by atoms with Crippen LogP contribution in [0, 0.1) is 11.3 Å². The van der Waals surface area contributed by atoms with Crippen molar-refractivity contribution < 1.29 is 4.74 Å². The lowest BCUT2D eigenvalue weighted by Gasteiger charge is -2.02. The van der Waals surface area contributed by atoms with E-state index in [1.54, 1.807) is 19.4 Å². The van der Waals surface area contributed by atoms with Gasteiger partial charge in [-0.2, -0.15) is 5.26 Å². The number of methoxy groups -OCH3 is 1. The second-order valence-corrected chi connectivity index (χ2v) is 5.19. The number of nitrogens with one attached hydrogen (secondary N) is 1. The van der Waals surface area contributed by atoms with Crippen LogP contribution in [0.5, 0.6) is 5.75 Å². The number of nitrogens with two attached hydrogens (primary N) is 1. The molecule has 2 heterocycles. The standard InChI is InChI=1S/C14H11N5OS/c1-20-9-2-3-10-11(6-9)19-14(18-10)21-13-12(16)8(7-15)4-5-17-13/h2-6H,16H2,1H3,(H,18,19). The van der Waals surface area contributed by atoms with E-state index in [1.165, 1.54) is 11.8 Å². The summed E-state index contributed by atoms with van der Waals surface area (Å²) >= 11 is 1.29. The molecule has 21 heavy (non-hydrogen) atoms. The number of nitriles is 1. The summed E-state index contributed by atoms with van der Waals surface area (Å²) in [4.78, 5) is 11.8. The summed E-state index contributed by atoms with van der Waals surface area (Å²) in [5, 5.41) is 10.2. The highest BCUT2D eigenvalue weighted by Gasteiger charge is 2.11. The van der Waals surface area contributed by atoms with Crippen LogP contribution in [0.3, 0.4) is 0 Å². The molecular formula is C14H11N5OS. The van der Waals surface area contributed by atoms with Crippen LogP contribution in [0.25, 0.3) is 11.0 Å². The first-order valence-electron chi connectivity index (χ1n) is 6.07. The lowest BCUT2D eigenvalue weighted by molar-refractivity contribution is 0.415. The lowest BCUT2D eigenvalue weighted by atomic mass is 10.2. The van der Waals surface area contributed by atoms with Crippen LogP contribution < -0.4 is 10.5 Å². The zero-order valence-electron chi connectivity index (χ0n) is 11.1. The number of fused-ring (bicyclic) bond motifs is 1. The number of ether oxygens (including phenoxy) is 1. The van der Waals surface area contributed by atoms with Crippen molar-refractivity contribution in [3.63, 3.8) is 0 Å². The molecule has 2 aromatic heterocycles. The van der Waals surface area contributed by atoms with Gasteiger partial charge in [-0.3, -0.25) is 0 Å². The molecule has 0 aliphatic heterocycles. The third kappa shape index (κ3) is 2.49. The maximum Gasteiger partial charge on any atom is 0.172 e. The highest BCUT2D eigenvalue weighted by Crippen LogP contribution is 2.31. The number of aromatic nitrogens is 3. The molecule has 0 aliphatic rings. The Labute approximate surface area is 125 Å².